The Morgan fingerprint density at radius 1 is 0.971 bits per heavy atom. The molecule has 5 nitrogen and oxygen atoms in total. The number of ether oxygens (including phenoxy) is 2. The predicted octanol–water partition coefficient (Wildman–Crippen LogP) is 7.09. The monoisotopic (exact) mass is 484 g/mol. The number of amides is 1. The van der Waals surface area contributed by atoms with Gasteiger partial charge in [0.25, 0.3) is 0 Å². The highest BCUT2D eigenvalue weighted by molar-refractivity contribution is 6.33. The van der Waals surface area contributed by atoms with Gasteiger partial charge in [-0.05, 0) is 70.4 Å². The second kappa shape index (κ2) is 11.7. The first-order valence-corrected chi connectivity index (χ1v) is 12.4. The molecule has 0 aromatic heterocycles. The fourth-order valence-corrected chi connectivity index (χ4v) is 4.75. The summed E-state index contributed by atoms with van der Waals surface area (Å²) in [6.45, 7) is 7.99. The Morgan fingerprint density at radius 2 is 1.65 bits per heavy atom. The lowest BCUT2D eigenvalue weighted by Crippen LogP contribution is -2.36. The molecule has 6 heteroatoms. The number of halogens is 1. The minimum atomic E-state index is -0.0224. The Labute approximate surface area is 208 Å². The summed E-state index contributed by atoms with van der Waals surface area (Å²) >= 11 is 6.66. The molecule has 2 N–H and O–H groups in total. The number of hydrogen-bond acceptors (Lipinski definition) is 4. The zero-order valence-electron chi connectivity index (χ0n) is 21.2. The van der Waals surface area contributed by atoms with Gasteiger partial charge in [0.1, 0.15) is 11.5 Å². The largest absolute Gasteiger partial charge is 0.496 e. The average molecular weight is 485 g/mol. The second-order valence-corrected chi connectivity index (χ2v) is 9.71. The van der Waals surface area contributed by atoms with E-state index in [0.29, 0.717) is 28.1 Å². The van der Waals surface area contributed by atoms with Crippen molar-refractivity contribution in [2.24, 2.45) is 0 Å². The van der Waals surface area contributed by atoms with Crippen molar-refractivity contribution in [1.82, 2.24) is 5.32 Å². The van der Waals surface area contributed by atoms with Crippen LogP contribution in [-0.2, 0) is 4.79 Å². The number of anilines is 1. The van der Waals surface area contributed by atoms with Gasteiger partial charge in [-0.2, -0.15) is 0 Å². The third-order valence-corrected chi connectivity index (χ3v) is 6.80. The van der Waals surface area contributed by atoms with Crippen LogP contribution >= 0.6 is 11.6 Å². The van der Waals surface area contributed by atoms with Crippen LogP contribution in [0, 0.1) is 0 Å². The third-order valence-electron chi connectivity index (χ3n) is 6.48. The van der Waals surface area contributed by atoms with Gasteiger partial charge < -0.3 is 20.1 Å². The summed E-state index contributed by atoms with van der Waals surface area (Å²) in [6.07, 6.45) is 5.71. The molecule has 0 radical (unpaired) electrons. The lowest BCUT2D eigenvalue weighted by atomic mass is 9.94. The van der Waals surface area contributed by atoms with Crippen LogP contribution < -0.4 is 20.1 Å². The minimum Gasteiger partial charge on any atom is -0.496 e. The average Bonchev–Trinajstić information content (AvgIpc) is 2.82. The van der Waals surface area contributed by atoms with Gasteiger partial charge in [0.05, 0.1) is 19.2 Å². The number of allylic oxidation sites excluding steroid dienone is 1. The van der Waals surface area contributed by atoms with Crippen molar-refractivity contribution in [3.8, 4) is 22.6 Å². The number of benzene rings is 2. The van der Waals surface area contributed by atoms with Crippen molar-refractivity contribution < 1.29 is 14.3 Å². The molecule has 1 fully saturated rings. The van der Waals surface area contributed by atoms with Crippen molar-refractivity contribution in [1.29, 1.82) is 0 Å². The van der Waals surface area contributed by atoms with E-state index < -0.39 is 0 Å². The maximum Gasteiger partial charge on any atom is 0.247 e. The number of nitrogens with one attached hydrogen (secondary N) is 2. The van der Waals surface area contributed by atoms with Crippen LogP contribution in [-0.4, -0.2) is 32.2 Å². The van der Waals surface area contributed by atoms with Gasteiger partial charge in [-0.3, -0.25) is 4.79 Å². The van der Waals surface area contributed by atoms with E-state index in [9.17, 15) is 4.79 Å². The predicted molar refractivity (Wildman–Crippen MR) is 142 cm³/mol. The van der Waals surface area contributed by atoms with Gasteiger partial charge in [-0.15, -0.1) is 0 Å². The molecule has 34 heavy (non-hydrogen) atoms. The fourth-order valence-electron chi connectivity index (χ4n) is 4.47. The summed E-state index contributed by atoms with van der Waals surface area (Å²) < 4.78 is 11.5. The summed E-state index contributed by atoms with van der Waals surface area (Å²) in [4.78, 5) is 13.0. The molecule has 1 aliphatic rings. The van der Waals surface area contributed by atoms with E-state index in [-0.39, 0.29) is 11.9 Å². The molecule has 2 aromatic carbocycles. The Hall–Kier alpha value is -2.66. The molecule has 0 aliphatic heterocycles. The van der Waals surface area contributed by atoms with Crippen LogP contribution in [0.1, 0.15) is 65.4 Å². The minimum absolute atomic E-state index is 0.0224. The van der Waals surface area contributed by atoms with E-state index in [1.807, 2.05) is 44.2 Å². The third kappa shape index (κ3) is 6.06. The van der Waals surface area contributed by atoms with E-state index in [2.05, 4.69) is 24.5 Å². The van der Waals surface area contributed by atoms with E-state index in [4.69, 9.17) is 21.1 Å². The number of methoxy groups -OCH3 is 2. The molecule has 2 aromatic rings. The van der Waals surface area contributed by atoms with Gasteiger partial charge in [-0.25, -0.2) is 0 Å². The molecular weight excluding hydrogens is 448 g/mol. The van der Waals surface area contributed by atoms with E-state index >= 15 is 0 Å². The van der Waals surface area contributed by atoms with Crippen molar-refractivity contribution in [2.45, 2.75) is 71.9 Å². The Morgan fingerprint density at radius 3 is 2.24 bits per heavy atom. The zero-order valence-corrected chi connectivity index (χ0v) is 21.9. The first kappa shape index (κ1) is 26.0. The molecule has 0 bridgehead atoms. The molecule has 3 rings (SSSR count). The Balaban J connectivity index is 1.97. The smallest absolute Gasteiger partial charge is 0.247 e. The van der Waals surface area contributed by atoms with Crippen LogP contribution in [0.15, 0.2) is 35.9 Å². The number of rotatable bonds is 8. The normalized spacial score (nSPS) is 15.1. The van der Waals surface area contributed by atoms with Crippen LogP contribution in [0.25, 0.3) is 16.7 Å². The summed E-state index contributed by atoms with van der Waals surface area (Å²) in [7, 11) is 3.27. The highest BCUT2D eigenvalue weighted by Crippen LogP contribution is 2.42. The molecule has 0 saturated heterocycles. The van der Waals surface area contributed by atoms with Crippen LogP contribution in [0.3, 0.4) is 0 Å². The van der Waals surface area contributed by atoms with Gasteiger partial charge in [0.2, 0.25) is 5.91 Å². The van der Waals surface area contributed by atoms with E-state index in [1.165, 1.54) is 19.3 Å². The van der Waals surface area contributed by atoms with Crippen molar-refractivity contribution >= 4 is 28.8 Å². The Kier molecular flexibility index (Phi) is 8.90. The molecule has 0 unspecified atom stereocenters. The van der Waals surface area contributed by atoms with Crippen LogP contribution in [0.4, 0.5) is 5.69 Å². The fraction of sp³-hybridized carbons (Fsp3) is 0.464. The molecule has 0 atom stereocenters. The first-order valence-electron chi connectivity index (χ1n) is 12.1. The number of carbonyl (C=O) groups excluding carboxylic acids is 1. The van der Waals surface area contributed by atoms with E-state index in [1.54, 1.807) is 14.2 Å². The molecular formula is C28H37ClN2O3. The van der Waals surface area contributed by atoms with E-state index in [0.717, 1.165) is 40.8 Å². The topological polar surface area (TPSA) is 59.6 Å². The highest BCUT2D eigenvalue weighted by atomic mass is 35.5. The van der Waals surface area contributed by atoms with Crippen molar-refractivity contribution in [2.75, 3.05) is 19.5 Å². The lowest BCUT2D eigenvalue weighted by molar-refractivity contribution is -0.118. The van der Waals surface area contributed by atoms with Crippen LogP contribution in [0.2, 0.25) is 5.02 Å². The van der Waals surface area contributed by atoms with Gasteiger partial charge >= 0.3 is 0 Å². The molecule has 1 saturated carbocycles. The zero-order chi connectivity index (χ0) is 24.8. The maximum absolute atomic E-state index is 13.0. The van der Waals surface area contributed by atoms with Crippen molar-refractivity contribution in [3.05, 3.63) is 46.5 Å². The summed E-state index contributed by atoms with van der Waals surface area (Å²) in [5, 5.41) is 7.19. The van der Waals surface area contributed by atoms with Gasteiger partial charge in [0.15, 0.2) is 0 Å². The Bertz CT molecular complexity index is 1060. The lowest BCUT2D eigenvalue weighted by Gasteiger charge is -2.23. The highest BCUT2D eigenvalue weighted by Gasteiger charge is 2.21. The molecule has 0 spiro atoms. The molecule has 184 valence electrons. The quantitative estimate of drug-likeness (QED) is 0.393. The number of hydrogen-bond donors (Lipinski definition) is 2. The van der Waals surface area contributed by atoms with Crippen LogP contribution in [0.5, 0.6) is 11.5 Å². The first-order chi connectivity index (χ1) is 16.2. The maximum atomic E-state index is 13.0. The summed E-state index contributed by atoms with van der Waals surface area (Å²) in [6, 6.07) is 10.3. The van der Waals surface area contributed by atoms with Gasteiger partial charge in [-0.1, -0.05) is 36.9 Å². The standard InChI is InChI=1S/C28H37ClN2O3/c1-17(2)30-21-12-13-22(25(29)14-21)24-16-26(33-5)23(15-27(24)34-6)18(3)19(4)28(32)31-20-10-8-7-9-11-20/h12-17,20,30H,7-11H2,1-6H3,(H,31,32)/b19-18+. The van der Waals surface area contributed by atoms with Crippen molar-refractivity contribution in [3.63, 3.8) is 0 Å². The molecule has 0 heterocycles. The van der Waals surface area contributed by atoms with Gasteiger partial charge in [0, 0.05) is 40.0 Å². The SMILES string of the molecule is COc1cc(-c2ccc(NC(C)C)cc2Cl)c(OC)cc1/C(C)=C(\C)C(=O)NC1CCCCC1. The molecule has 1 aliphatic carbocycles. The summed E-state index contributed by atoms with van der Waals surface area (Å²) in [5.41, 5.74) is 5.02. The summed E-state index contributed by atoms with van der Waals surface area (Å²) in [5.74, 6) is 1.31. The second-order valence-electron chi connectivity index (χ2n) is 9.30. The number of carbonyl (C=O) groups is 1. The molecule has 1 amide bonds.